The fourth-order valence-electron chi connectivity index (χ4n) is 3.75. The molecule has 37 heavy (non-hydrogen) atoms. The SMILES string of the molecule is Cn1cc(NC(=O)c2cc([N+](=O)[O-])cn2C)cc1C(=O)Nc1cc(C(=O)OCc2ccccc2)n(C)c1. The molecule has 190 valence electrons. The molecule has 2 amide bonds. The average molecular weight is 505 g/mol. The normalized spacial score (nSPS) is 10.7. The van der Waals surface area contributed by atoms with E-state index in [1.165, 1.54) is 40.6 Å². The maximum atomic E-state index is 12.9. The predicted octanol–water partition coefficient (Wildman–Crippen LogP) is 3.47. The number of amides is 2. The number of aromatic nitrogens is 3. The van der Waals surface area contributed by atoms with Crippen LogP contribution in [0.1, 0.15) is 37.0 Å². The molecule has 2 N–H and O–H groups in total. The standard InChI is InChI=1S/C25H24N6O6/c1-28-12-17(26-24(33)21-11-19(31(35)36)14-30(21)3)9-20(28)23(32)27-18-10-22(29(2)13-18)25(34)37-15-16-7-5-4-6-8-16/h4-14H,15H2,1-3H3,(H,26,33)(H,27,32). The highest BCUT2D eigenvalue weighted by Gasteiger charge is 2.20. The van der Waals surface area contributed by atoms with Crippen LogP contribution in [0.15, 0.2) is 67.1 Å². The summed E-state index contributed by atoms with van der Waals surface area (Å²) >= 11 is 0. The van der Waals surface area contributed by atoms with E-state index in [2.05, 4.69) is 10.6 Å². The summed E-state index contributed by atoms with van der Waals surface area (Å²) in [4.78, 5) is 48.4. The lowest BCUT2D eigenvalue weighted by atomic mass is 10.2. The molecular formula is C25H24N6O6. The summed E-state index contributed by atoms with van der Waals surface area (Å²) < 4.78 is 9.79. The third kappa shape index (κ3) is 5.59. The zero-order valence-electron chi connectivity index (χ0n) is 20.3. The minimum Gasteiger partial charge on any atom is -0.456 e. The largest absolute Gasteiger partial charge is 0.456 e. The van der Waals surface area contributed by atoms with Gasteiger partial charge in [-0.2, -0.15) is 0 Å². The Hall–Kier alpha value is -5.13. The molecule has 3 heterocycles. The van der Waals surface area contributed by atoms with Gasteiger partial charge in [0.05, 0.1) is 22.5 Å². The van der Waals surface area contributed by atoms with Crippen molar-refractivity contribution in [2.24, 2.45) is 21.1 Å². The molecule has 0 saturated carbocycles. The van der Waals surface area contributed by atoms with Crippen LogP contribution in [0.25, 0.3) is 0 Å². The van der Waals surface area contributed by atoms with Crippen LogP contribution in [-0.2, 0) is 32.5 Å². The predicted molar refractivity (Wildman–Crippen MR) is 134 cm³/mol. The van der Waals surface area contributed by atoms with Crippen molar-refractivity contribution in [1.29, 1.82) is 0 Å². The van der Waals surface area contributed by atoms with Gasteiger partial charge in [0, 0.05) is 39.6 Å². The molecule has 0 aliphatic rings. The highest BCUT2D eigenvalue weighted by atomic mass is 16.6. The lowest BCUT2D eigenvalue weighted by Crippen LogP contribution is -2.15. The Kier molecular flexibility index (Phi) is 6.91. The molecule has 0 atom stereocenters. The molecule has 3 aromatic heterocycles. The van der Waals surface area contributed by atoms with E-state index in [4.69, 9.17) is 4.74 Å². The molecule has 0 aliphatic carbocycles. The van der Waals surface area contributed by atoms with E-state index in [0.29, 0.717) is 11.4 Å². The van der Waals surface area contributed by atoms with Gasteiger partial charge in [0.15, 0.2) is 0 Å². The number of aryl methyl sites for hydroxylation is 3. The first kappa shape index (κ1) is 25.0. The number of nitrogens with one attached hydrogen (secondary N) is 2. The van der Waals surface area contributed by atoms with Crippen LogP contribution < -0.4 is 10.6 Å². The average Bonchev–Trinajstić information content (AvgIpc) is 3.54. The van der Waals surface area contributed by atoms with Gasteiger partial charge in [0.1, 0.15) is 23.7 Å². The Labute approximate surface area is 211 Å². The van der Waals surface area contributed by atoms with Crippen LogP contribution in [0.3, 0.4) is 0 Å². The Bertz CT molecular complexity index is 1500. The third-order valence-electron chi connectivity index (χ3n) is 5.61. The van der Waals surface area contributed by atoms with Gasteiger partial charge in [-0.3, -0.25) is 19.7 Å². The van der Waals surface area contributed by atoms with E-state index in [9.17, 15) is 24.5 Å². The number of carbonyl (C=O) groups excluding carboxylic acids is 3. The maximum absolute atomic E-state index is 12.9. The van der Waals surface area contributed by atoms with Crippen molar-refractivity contribution < 1.29 is 24.0 Å². The molecule has 0 aliphatic heterocycles. The molecule has 12 heteroatoms. The highest BCUT2D eigenvalue weighted by Crippen LogP contribution is 2.20. The number of benzene rings is 1. The highest BCUT2D eigenvalue weighted by molar-refractivity contribution is 6.07. The maximum Gasteiger partial charge on any atom is 0.355 e. The fourth-order valence-corrected chi connectivity index (χ4v) is 3.75. The molecule has 0 spiro atoms. The molecule has 4 aromatic rings. The summed E-state index contributed by atoms with van der Waals surface area (Å²) in [7, 11) is 4.82. The van der Waals surface area contributed by atoms with E-state index >= 15 is 0 Å². The van der Waals surface area contributed by atoms with E-state index in [-0.39, 0.29) is 29.4 Å². The topological polar surface area (TPSA) is 142 Å². The molecule has 0 radical (unpaired) electrons. The van der Waals surface area contributed by atoms with Crippen LogP contribution in [0.5, 0.6) is 0 Å². The number of ether oxygens (including phenoxy) is 1. The van der Waals surface area contributed by atoms with Gasteiger partial charge in [-0.1, -0.05) is 30.3 Å². The van der Waals surface area contributed by atoms with Crippen LogP contribution in [0.4, 0.5) is 17.1 Å². The zero-order chi connectivity index (χ0) is 26.7. The molecule has 0 saturated heterocycles. The molecular weight excluding hydrogens is 480 g/mol. The van der Waals surface area contributed by atoms with Crippen molar-refractivity contribution in [3.63, 3.8) is 0 Å². The number of carbonyl (C=O) groups is 3. The Morgan fingerprint density at radius 1 is 0.811 bits per heavy atom. The van der Waals surface area contributed by atoms with Crippen molar-refractivity contribution in [2.75, 3.05) is 10.6 Å². The van der Waals surface area contributed by atoms with Crippen LogP contribution in [0.2, 0.25) is 0 Å². The first-order valence-electron chi connectivity index (χ1n) is 11.1. The summed E-state index contributed by atoms with van der Waals surface area (Å²) in [6.07, 6.45) is 4.37. The van der Waals surface area contributed by atoms with Crippen molar-refractivity contribution in [2.45, 2.75) is 6.61 Å². The second-order valence-electron chi connectivity index (χ2n) is 8.37. The monoisotopic (exact) mass is 504 g/mol. The molecule has 1 aromatic carbocycles. The van der Waals surface area contributed by atoms with Gasteiger partial charge in [0.2, 0.25) is 0 Å². The van der Waals surface area contributed by atoms with Crippen LogP contribution in [0, 0.1) is 10.1 Å². The number of anilines is 2. The summed E-state index contributed by atoms with van der Waals surface area (Å²) in [5.74, 6) is -1.56. The number of hydrogen-bond acceptors (Lipinski definition) is 6. The van der Waals surface area contributed by atoms with Gasteiger partial charge in [-0.25, -0.2) is 4.79 Å². The first-order chi connectivity index (χ1) is 17.6. The molecule has 4 rings (SSSR count). The fraction of sp³-hybridized carbons (Fsp3) is 0.160. The van der Waals surface area contributed by atoms with E-state index < -0.39 is 22.7 Å². The molecule has 12 nitrogen and oxygen atoms in total. The summed E-state index contributed by atoms with van der Waals surface area (Å²) in [5.41, 5.74) is 1.98. The number of rotatable bonds is 8. The van der Waals surface area contributed by atoms with Crippen molar-refractivity contribution in [1.82, 2.24) is 13.7 Å². The summed E-state index contributed by atoms with van der Waals surface area (Å²) in [5, 5.41) is 16.3. The van der Waals surface area contributed by atoms with Crippen LogP contribution in [-0.4, -0.2) is 36.4 Å². The smallest absolute Gasteiger partial charge is 0.355 e. The summed E-state index contributed by atoms with van der Waals surface area (Å²) in [6, 6.07) is 13.4. The van der Waals surface area contributed by atoms with Crippen molar-refractivity contribution in [3.8, 4) is 0 Å². The quantitative estimate of drug-likeness (QED) is 0.214. The Morgan fingerprint density at radius 3 is 1.89 bits per heavy atom. The van der Waals surface area contributed by atoms with E-state index in [0.717, 1.165) is 5.56 Å². The van der Waals surface area contributed by atoms with E-state index in [1.54, 1.807) is 31.1 Å². The molecule has 0 unspecified atom stereocenters. The Morgan fingerprint density at radius 2 is 1.32 bits per heavy atom. The minimum absolute atomic E-state index is 0.0949. The second kappa shape index (κ2) is 10.2. The van der Waals surface area contributed by atoms with Crippen LogP contribution >= 0.6 is 0 Å². The zero-order valence-corrected chi connectivity index (χ0v) is 20.3. The van der Waals surface area contributed by atoms with Gasteiger partial charge in [-0.05, 0) is 17.7 Å². The first-order valence-corrected chi connectivity index (χ1v) is 11.1. The summed E-state index contributed by atoms with van der Waals surface area (Å²) in [6.45, 7) is 0.125. The Balaban J connectivity index is 1.41. The van der Waals surface area contributed by atoms with Gasteiger partial charge in [0.25, 0.3) is 17.5 Å². The number of hydrogen-bond donors (Lipinski definition) is 2. The number of nitrogens with zero attached hydrogens (tertiary/aromatic N) is 4. The van der Waals surface area contributed by atoms with Crippen molar-refractivity contribution in [3.05, 3.63) is 99.9 Å². The lowest BCUT2D eigenvalue weighted by molar-refractivity contribution is -0.384. The lowest BCUT2D eigenvalue weighted by Gasteiger charge is -2.05. The molecule has 0 bridgehead atoms. The van der Waals surface area contributed by atoms with E-state index in [1.807, 2.05) is 30.3 Å². The van der Waals surface area contributed by atoms with Gasteiger partial charge >= 0.3 is 5.97 Å². The minimum atomic E-state index is -0.584. The number of esters is 1. The van der Waals surface area contributed by atoms with Gasteiger partial charge in [-0.15, -0.1) is 0 Å². The molecule has 0 fully saturated rings. The third-order valence-corrected chi connectivity index (χ3v) is 5.61. The van der Waals surface area contributed by atoms with Crippen molar-refractivity contribution >= 4 is 34.8 Å². The van der Waals surface area contributed by atoms with Gasteiger partial charge < -0.3 is 29.1 Å². The number of nitro groups is 1. The second-order valence-corrected chi connectivity index (χ2v) is 8.37.